The molecule has 0 aliphatic heterocycles. The van der Waals surface area contributed by atoms with E-state index >= 15 is 0 Å². The molecule has 120 valence electrons. The zero-order valence-corrected chi connectivity index (χ0v) is 13.7. The van der Waals surface area contributed by atoms with Gasteiger partial charge in [0.1, 0.15) is 0 Å². The summed E-state index contributed by atoms with van der Waals surface area (Å²) in [4.78, 5) is 5.16. The lowest BCUT2D eigenvalue weighted by Gasteiger charge is -2.40. The fourth-order valence-corrected chi connectivity index (χ4v) is 3.58. The zero-order chi connectivity index (χ0) is 16.0. The summed E-state index contributed by atoms with van der Waals surface area (Å²) in [6.45, 7) is 0. The minimum atomic E-state index is -0.544. The smallest absolute Gasteiger partial charge is 0.238 e. The molecule has 0 unspecified atom stereocenters. The van der Waals surface area contributed by atoms with Crippen LogP contribution < -0.4 is 0 Å². The SMILES string of the molecule is O=POOOC1CCC(c2ccccc2)(c2ccccc2)CC1. The number of benzene rings is 2. The maximum Gasteiger partial charge on any atom is 0.361 e. The van der Waals surface area contributed by atoms with Crippen molar-refractivity contribution in [2.45, 2.75) is 37.2 Å². The molecule has 5 heteroatoms. The fourth-order valence-electron chi connectivity index (χ4n) is 3.52. The molecule has 0 bridgehead atoms. The third-order valence-electron chi connectivity index (χ3n) is 4.68. The van der Waals surface area contributed by atoms with Crippen LogP contribution in [0.5, 0.6) is 0 Å². The van der Waals surface area contributed by atoms with Crippen LogP contribution in [0.2, 0.25) is 0 Å². The molecule has 2 aromatic rings. The second kappa shape index (κ2) is 7.80. The Labute approximate surface area is 137 Å². The van der Waals surface area contributed by atoms with Crippen LogP contribution in [0.1, 0.15) is 36.8 Å². The van der Waals surface area contributed by atoms with Gasteiger partial charge in [-0.3, -0.25) is 0 Å². The maximum atomic E-state index is 10.2. The summed E-state index contributed by atoms with van der Waals surface area (Å²) in [7, 11) is -0.544. The third-order valence-corrected chi connectivity index (χ3v) is 4.80. The zero-order valence-electron chi connectivity index (χ0n) is 12.8. The molecule has 0 atom stereocenters. The first-order valence-electron chi connectivity index (χ1n) is 7.78. The first kappa shape index (κ1) is 16.3. The van der Waals surface area contributed by atoms with Crippen LogP contribution in [0.3, 0.4) is 0 Å². The molecular weight excluding hydrogens is 311 g/mol. The molecule has 3 rings (SSSR count). The highest BCUT2D eigenvalue weighted by Crippen LogP contribution is 2.45. The Morgan fingerprint density at radius 2 is 1.39 bits per heavy atom. The van der Waals surface area contributed by atoms with Gasteiger partial charge in [0.25, 0.3) is 0 Å². The summed E-state index contributed by atoms with van der Waals surface area (Å²) in [5.74, 6) is 0. The van der Waals surface area contributed by atoms with E-state index in [1.54, 1.807) is 0 Å². The van der Waals surface area contributed by atoms with E-state index < -0.39 is 8.69 Å². The quantitative estimate of drug-likeness (QED) is 0.323. The fraction of sp³-hybridized carbons (Fsp3) is 0.333. The van der Waals surface area contributed by atoms with Crippen molar-refractivity contribution in [3.8, 4) is 0 Å². The second-order valence-corrected chi connectivity index (χ2v) is 6.12. The molecule has 1 aliphatic carbocycles. The topological polar surface area (TPSA) is 44.8 Å². The number of hydrogen-bond donors (Lipinski definition) is 0. The summed E-state index contributed by atoms with van der Waals surface area (Å²) in [5.41, 5.74) is 2.67. The highest BCUT2D eigenvalue weighted by atomic mass is 31.1. The van der Waals surface area contributed by atoms with E-state index in [1.807, 2.05) is 12.1 Å². The van der Waals surface area contributed by atoms with E-state index in [9.17, 15) is 4.57 Å². The van der Waals surface area contributed by atoms with E-state index in [1.165, 1.54) is 11.1 Å². The molecule has 0 aromatic heterocycles. The van der Waals surface area contributed by atoms with Crippen molar-refractivity contribution in [3.05, 3.63) is 71.8 Å². The van der Waals surface area contributed by atoms with E-state index in [-0.39, 0.29) is 11.5 Å². The predicted octanol–water partition coefficient (Wildman–Crippen LogP) is 5.00. The normalized spacial score (nSPS) is 18.1. The lowest BCUT2D eigenvalue weighted by atomic mass is 9.65. The van der Waals surface area contributed by atoms with Crippen LogP contribution >= 0.6 is 8.69 Å². The average molecular weight is 330 g/mol. The van der Waals surface area contributed by atoms with Crippen LogP contribution in [0.15, 0.2) is 60.7 Å². The predicted molar refractivity (Wildman–Crippen MR) is 86.8 cm³/mol. The Hall–Kier alpha value is -1.58. The average Bonchev–Trinajstić information content (AvgIpc) is 2.64. The highest BCUT2D eigenvalue weighted by molar-refractivity contribution is 7.17. The summed E-state index contributed by atoms with van der Waals surface area (Å²) in [5, 5.41) is 4.48. The molecule has 0 saturated heterocycles. The second-order valence-electron chi connectivity index (χ2n) is 5.83. The first-order chi connectivity index (χ1) is 11.3. The molecule has 1 fully saturated rings. The Morgan fingerprint density at radius 3 is 1.87 bits per heavy atom. The van der Waals surface area contributed by atoms with Crippen molar-refractivity contribution in [1.29, 1.82) is 0 Å². The van der Waals surface area contributed by atoms with Crippen molar-refractivity contribution >= 4 is 8.69 Å². The van der Waals surface area contributed by atoms with Gasteiger partial charge in [0.05, 0.1) is 6.10 Å². The number of hydrogen-bond acceptors (Lipinski definition) is 4. The molecule has 0 N–H and O–H groups in total. The Kier molecular flexibility index (Phi) is 5.52. The van der Waals surface area contributed by atoms with Crippen molar-refractivity contribution in [1.82, 2.24) is 0 Å². The van der Waals surface area contributed by atoms with E-state index in [0.717, 1.165) is 25.7 Å². The van der Waals surface area contributed by atoms with Crippen LogP contribution in [-0.4, -0.2) is 6.10 Å². The molecule has 1 saturated carbocycles. The largest absolute Gasteiger partial charge is 0.361 e. The molecule has 4 nitrogen and oxygen atoms in total. The summed E-state index contributed by atoms with van der Waals surface area (Å²) < 4.78 is 14.4. The standard InChI is InChI=1S/C18H19O4P/c19-23-22-21-20-17-11-13-18(14-12-17,15-7-3-1-4-8-15)16-9-5-2-6-10-16/h1-10,17H,11-14H2. The van der Waals surface area contributed by atoms with Crippen molar-refractivity contribution in [2.75, 3.05) is 0 Å². The Bertz CT molecular complexity index is 568. The first-order valence-corrected chi connectivity index (χ1v) is 8.51. The van der Waals surface area contributed by atoms with Crippen molar-refractivity contribution < 1.29 is 19.2 Å². The molecule has 2 aromatic carbocycles. The molecular formula is C18H19O4P. The molecule has 0 amide bonds. The molecule has 0 heterocycles. The highest BCUT2D eigenvalue weighted by Gasteiger charge is 2.39. The van der Waals surface area contributed by atoms with E-state index in [0.29, 0.717) is 0 Å². The third kappa shape index (κ3) is 3.67. The Balaban J connectivity index is 1.81. The van der Waals surface area contributed by atoms with Gasteiger partial charge < -0.3 is 0 Å². The van der Waals surface area contributed by atoms with Crippen LogP contribution in [0, 0.1) is 0 Å². The minimum absolute atomic E-state index is 0.0000211. The van der Waals surface area contributed by atoms with Crippen LogP contribution in [0.4, 0.5) is 0 Å². The van der Waals surface area contributed by atoms with Crippen LogP contribution in [-0.2, 0) is 24.6 Å². The molecule has 0 radical (unpaired) electrons. The molecule has 0 spiro atoms. The Morgan fingerprint density at radius 1 is 0.870 bits per heavy atom. The summed E-state index contributed by atoms with van der Waals surface area (Å²) in [6.07, 6.45) is 3.58. The lowest BCUT2D eigenvalue weighted by Crippen LogP contribution is -2.35. The summed E-state index contributed by atoms with van der Waals surface area (Å²) >= 11 is 0. The van der Waals surface area contributed by atoms with Gasteiger partial charge in [-0.25, -0.2) is 9.45 Å². The van der Waals surface area contributed by atoms with Crippen LogP contribution in [0.25, 0.3) is 0 Å². The lowest BCUT2D eigenvalue weighted by molar-refractivity contribution is -0.482. The van der Waals surface area contributed by atoms with Crippen molar-refractivity contribution in [3.63, 3.8) is 0 Å². The van der Waals surface area contributed by atoms with Gasteiger partial charge >= 0.3 is 8.69 Å². The van der Waals surface area contributed by atoms with Gasteiger partial charge in [-0.15, -0.1) is 4.67 Å². The van der Waals surface area contributed by atoms with Gasteiger partial charge in [-0.2, -0.15) is 0 Å². The monoisotopic (exact) mass is 330 g/mol. The summed E-state index contributed by atoms with van der Waals surface area (Å²) in [6, 6.07) is 21.2. The van der Waals surface area contributed by atoms with Gasteiger partial charge in [0.2, 0.25) is 0 Å². The van der Waals surface area contributed by atoms with Gasteiger partial charge in [0.15, 0.2) is 0 Å². The minimum Gasteiger partial charge on any atom is -0.238 e. The number of rotatable bonds is 6. The van der Waals surface area contributed by atoms with Gasteiger partial charge in [0, 0.05) is 5.41 Å². The van der Waals surface area contributed by atoms with E-state index in [2.05, 4.69) is 58.2 Å². The van der Waals surface area contributed by atoms with Crippen molar-refractivity contribution in [2.24, 2.45) is 0 Å². The van der Waals surface area contributed by atoms with Gasteiger partial charge in [-0.1, -0.05) is 65.7 Å². The molecule has 1 aliphatic rings. The van der Waals surface area contributed by atoms with E-state index in [4.69, 9.17) is 4.89 Å². The van der Waals surface area contributed by atoms with Gasteiger partial charge in [-0.05, 0) is 36.8 Å². The maximum absolute atomic E-state index is 10.2. The molecule has 23 heavy (non-hydrogen) atoms.